The molecule has 0 amide bonds. The largest absolute Gasteiger partial charge is 0.384 e. The molecule has 5 heteroatoms. The van der Waals surface area contributed by atoms with Gasteiger partial charge in [0.2, 0.25) is 5.89 Å². The van der Waals surface area contributed by atoms with Crippen LogP contribution in [0, 0.1) is 0 Å². The van der Waals surface area contributed by atoms with Crippen molar-refractivity contribution in [1.29, 1.82) is 0 Å². The van der Waals surface area contributed by atoms with E-state index in [1.165, 1.54) is 32.1 Å². The molecule has 1 N–H and O–H groups in total. The summed E-state index contributed by atoms with van der Waals surface area (Å²) in [7, 11) is 1.73. The van der Waals surface area contributed by atoms with Crippen LogP contribution in [0.1, 0.15) is 56.2 Å². The van der Waals surface area contributed by atoms with E-state index in [9.17, 15) is 0 Å². The minimum Gasteiger partial charge on any atom is -0.384 e. The van der Waals surface area contributed by atoms with Crippen molar-refractivity contribution in [3.05, 3.63) is 11.7 Å². The number of ether oxygens (including phenoxy) is 1. The molecule has 0 radical (unpaired) electrons. The van der Waals surface area contributed by atoms with E-state index in [0.717, 1.165) is 31.2 Å². The first-order chi connectivity index (χ1) is 9.34. The predicted octanol–water partition coefficient (Wildman–Crippen LogP) is 1.99. The van der Waals surface area contributed by atoms with Gasteiger partial charge < -0.3 is 14.6 Å². The Morgan fingerprint density at radius 3 is 2.89 bits per heavy atom. The van der Waals surface area contributed by atoms with Gasteiger partial charge in [-0.2, -0.15) is 4.98 Å². The van der Waals surface area contributed by atoms with Crippen molar-refractivity contribution in [3.8, 4) is 0 Å². The van der Waals surface area contributed by atoms with Gasteiger partial charge in [-0.3, -0.25) is 0 Å². The molecular weight excluding hydrogens is 242 g/mol. The molecule has 1 saturated heterocycles. The van der Waals surface area contributed by atoms with Gasteiger partial charge in [0, 0.05) is 19.6 Å². The molecule has 2 aliphatic rings. The maximum absolute atomic E-state index is 5.58. The smallest absolute Gasteiger partial charge is 0.236 e. The summed E-state index contributed by atoms with van der Waals surface area (Å²) in [6.07, 6.45) is 7.34. The maximum atomic E-state index is 5.58. The van der Waals surface area contributed by atoms with E-state index in [-0.39, 0.29) is 5.41 Å². The fourth-order valence-electron chi connectivity index (χ4n) is 3.36. The van der Waals surface area contributed by atoms with Crippen molar-refractivity contribution < 1.29 is 9.26 Å². The molecule has 3 rings (SSSR count). The molecule has 1 atom stereocenters. The molecule has 2 heterocycles. The van der Waals surface area contributed by atoms with Gasteiger partial charge >= 0.3 is 0 Å². The van der Waals surface area contributed by atoms with Crippen LogP contribution in [0.4, 0.5) is 0 Å². The Morgan fingerprint density at radius 1 is 1.37 bits per heavy atom. The monoisotopic (exact) mass is 265 g/mol. The second-order valence-electron chi connectivity index (χ2n) is 5.93. The number of methoxy groups -OCH3 is 1. The zero-order valence-electron chi connectivity index (χ0n) is 11.7. The summed E-state index contributed by atoms with van der Waals surface area (Å²) in [5.41, 5.74) is -0.116. The quantitative estimate of drug-likeness (QED) is 0.902. The van der Waals surface area contributed by atoms with Crippen LogP contribution < -0.4 is 5.32 Å². The lowest BCUT2D eigenvalue weighted by atomic mass is 9.87. The van der Waals surface area contributed by atoms with Gasteiger partial charge in [0.25, 0.3) is 0 Å². The van der Waals surface area contributed by atoms with E-state index in [1.807, 2.05) is 0 Å². The molecule has 1 saturated carbocycles. The Morgan fingerprint density at radius 2 is 2.21 bits per heavy atom. The Hall–Kier alpha value is -0.940. The lowest BCUT2D eigenvalue weighted by Gasteiger charge is -2.22. The number of rotatable bonds is 4. The Balaban J connectivity index is 1.79. The first-order valence-electron chi connectivity index (χ1n) is 7.38. The number of nitrogens with one attached hydrogen (secondary N) is 1. The second kappa shape index (κ2) is 5.59. The van der Waals surface area contributed by atoms with Gasteiger partial charge in [-0.1, -0.05) is 24.4 Å². The van der Waals surface area contributed by atoms with Gasteiger partial charge in [-0.05, 0) is 25.8 Å². The van der Waals surface area contributed by atoms with E-state index < -0.39 is 0 Å². The van der Waals surface area contributed by atoms with Crippen LogP contribution in [0.5, 0.6) is 0 Å². The molecule has 1 aromatic rings. The summed E-state index contributed by atoms with van der Waals surface area (Å²) in [6, 6.07) is 0. The molecule has 5 nitrogen and oxygen atoms in total. The molecule has 2 fully saturated rings. The Kier molecular flexibility index (Phi) is 3.84. The molecule has 1 aliphatic heterocycles. The van der Waals surface area contributed by atoms with E-state index in [4.69, 9.17) is 14.2 Å². The highest BCUT2D eigenvalue weighted by atomic mass is 16.5. The molecule has 0 spiro atoms. The van der Waals surface area contributed by atoms with Crippen molar-refractivity contribution >= 4 is 0 Å². The SMILES string of the molecule is COCC1(c2nc(C3CCCCC3)no2)CCNC1. The van der Waals surface area contributed by atoms with Crippen molar-refractivity contribution in [2.45, 2.75) is 49.9 Å². The lowest BCUT2D eigenvalue weighted by molar-refractivity contribution is 0.117. The number of hydrogen-bond acceptors (Lipinski definition) is 5. The molecule has 1 unspecified atom stereocenters. The molecule has 1 aliphatic carbocycles. The first-order valence-corrected chi connectivity index (χ1v) is 7.38. The summed E-state index contributed by atoms with van der Waals surface area (Å²) in [6.45, 7) is 2.50. The van der Waals surface area contributed by atoms with Crippen molar-refractivity contribution in [2.24, 2.45) is 0 Å². The van der Waals surface area contributed by atoms with Gasteiger partial charge in [0.05, 0.1) is 12.0 Å². The standard InChI is InChI=1S/C14H23N3O2/c1-18-10-14(7-8-15-9-14)13-16-12(17-19-13)11-5-3-2-4-6-11/h11,15H,2-10H2,1H3. The van der Waals surface area contributed by atoms with Crippen LogP contribution in [-0.2, 0) is 10.2 Å². The van der Waals surface area contributed by atoms with E-state index in [0.29, 0.717) is 12.5 Å². The van der Waals surface area contributed by atoms with Crippen LogP contribution in [0.25, 0.3) is 0 Å². The van der Waals surface area contributed by atoms with Gasteiger partial charge in [0.15, 0.2) is 5.82 Å². The third-order valence-electron chi connectivity index (χ3n) is 4.53. The summed E-state index contributed by atoms with van der Waals surface area (Å²) < 4.78 is 10.9. The molecule has 106 valence electrons. The summed E-state index contributed by atoms with van der Waals surface area (Å²) in [5, 5.41) is 7.62. The van der Waals surface area contributed by atoms with Crippen LogP contribution in [0.15, 0.2) is 4.52 Å². The number of hydrogen-bond donors (Lipinski definition) is 1. The minimum atomic E-state index is -0.116. The maximum Gasteiger partial charge on any atom is 0.236 e. The highest BCUT2D eigenvalue weighted by Gasteiger charge is 2.41. The topological polar surface area (TPSA) is 60.2 Å². The summed E-state index contributed by atoms with van der Waals surface area (Å²) >= 11 is 0. The van der Waals surface area contributed by atoms with E-state index in [1.54, 1.807) is 7.11 Å². The van der Waals surface area contributed by atoms with E-state index in [2.05, 4.69) is 10.5 Å². The lowest BCUT2D eigenvalue weighted by Crippen LogP contribution is -2.34. The molecule has 1 aromatic heterocycles. The van der Waals surface area contributed by atoms with E-state index >= 15 is 0 Å². The Labute approximate surface area is 114 Å². The van der Waals surface area contributed by atoms with Crippen LogP contribution in [0.2, 0.25) is 0 Å². The van der Waals surface area contributed by atoms with Crippen molar-refractivity contribution in [3.63, 3.8) is 0 Å². The summed E-state index contributed by atoms with van der Waals surface area (Å²) in [5.74, 6) is 2.18. The Bertz CT molecular complexity index is 407. The fraction of sp³-hybridized carbons (Fsp3) is 0.857. The second-order valence-corrected chi connectivity index (χ2v) is 5.93. The molecular formula is C14H23N3O2. The highest BCUT2D eigenvalue weighted by molar-refractivity contribution is 5.11. The third-order valence-corrected chi connectivity index (χ3v) is 4.53. The highest BCUT2D eigenvalue weighted by Crippen LogP contribution is 2.34. The summed E-state index contributed by atoms with van der Waals surface area (Å²) in [4.78, 5) is 4.71. The number of nitrogens with zero attached hydrogens (tertiary/aromatic N) is 2. The number of aromatic nitrogens is 2. The molecule has 19 heavy (non-hydrogen) atoms. The van der Waals surface area contributed by atoms with Crippen LogP contribution in [0.3, 0.4) is 0 Å². The van der Waals surface area contributed by atoms with Gasteiger partial charge in [0.1, 0.15) is 0 Å². The van der Waals surface area contributed by atoms with Crippen molar-refractivity contribution in [1.82, 2.24) is 15.5 Å². The molecule has 0 bridgehead atoms. The third kappa shape index (κ3) is 2.54. The van der Waals surface area contributed by atoms with Gasteiger partial charge in [-0.15, -0.1) is 0 Å². The zero-order chi connectivity index (χ0) is 13.1. The molecule has 0 aromatic carbocycles. The van der Waals surface area contributed by atoms with Crippen molar-refractivity contribution in [2.75, 3.05) is 26.8 Å². The predicted molar refractivity (Wildman–Crippen MR) is 71.2 cm³/mol. The average Bonchev–Trinajstić information content (AvgIpc) is 3.09. The van der Waals surface area contributed by atoms with Crippen LogP contribution >= 0.6 is 0 Å². The first kappa shape index (κ1) is 13.1. The average molecular weight is 265 g/mol. The van der Waals surface area contributed by atoms with Crippen LogP contribution in [-0.4, -0.2) is 36.9 Å². The minimum absolute atomic E-state index is 0.116. The fourth-order valence-corrected chi connectivity index (χ4v) is 3.36. The van der Waals surface area contributed by atoms with Gasteiger partial charge in [-0.25, -0.2) is 0 Å². The normalized spacial score (nSPS) is 28.9. The zero-order valence-corrected chi connectivity index (χ0v) is 11.7.